The average Bonchev–Trinajstić information content (AvgIpc) is 2.13. The highest BCUT2D eigenvalue weighted by molar-refractivity contribution is 6.00. The van der Waals surface area contributed by atoms with Crippen LogP contribution in [0.2, 0.25) is 0 Å². The van der Waals surface area contributed by atoms with Gasteiger partial charge in [-0.1, -0.05) is 17.7 Å². The molecule has 1 aromatic carbocycles. The topological polar surface area (TPSA) is 46.2 Å². The lowest BCUT2D eigenvalue weighted by Crippen LogP contribution is -2.37. The number of rotatable bonds is 1. The quantitative estimate of drug-likeness (QED) is 0.753. The highest BCUT2D eigenvalue weighted by Crippen LogP contribution is 2.28. The van der Waals surface area contributed by atoms with Crippen molar-refractivity contribution in [3.05, 3.63) is 34.4 Å². The number of piperidine rings is 1. The average molecular weight is 231 g/mol. The van der Waals surface area contributed by atoms with Crippen molar-refractivity contribution in [2.24, 2.45) is 0 Å². The summed E-state index contributed by atoms with van der Waals surface area (Å²) < 4.78 is 0. The van der Waals surface area contributed by atoms with E-state index in [-0.39, 0.29) is 24.2 Å². The van der Waals surface area contributed by atoms with E-state index >= 15 is 0 Å². The first-order valence-corrected chi connectivity index (χ1v) is 5.86. The Morgan fingerprint density at radius 3 is 2.24 bits per heavy atom. The molecule has 1 amide bonds. The molecule has 1 aromatic rings. The standard InChI is InChI=1S/C14H17NO2/c1-8-4-9(2)14(10(3)5-8)12-6-11(16)7-13(17)15-12/h4-5,12H,6-7H2,1-3H3,(H,15,17)/t12-/m1/s1. The highest BCUT2D eigenvalue weighted by atomic mass is 16.2. The molecule has 17 heavy (non-hydrogen) atoms. The van der Waals surface area contributed by atoms with Crippen molar-refractivity contribution in [2.45, 2.75) is 39.7 Å². The van der Waals surface area contributed by atoms with Crippen molar-refractivity contribution in [1.29, 1.82) is 0 Å². The van der Waals surface area contributed by atoms with Crippen molar-refractivity contribution in [3.8, 4) is 0 Å². The molecule has 1 atom stereocenters. The Morgan fingerprint density at radius 1 is 1.12 bits per heavy atom. The lowest BCUT2D eigenvalue weighted by molar-refractivity contribution is -0.132. The van der Waals surface area contributed by atoms with Gasteiger partial charge in [0, 0.05) is 6.42 Å². The van der Waals surface area contributed by atoms with Gasteiger partial charge in [0.1, 0.15) is 5.78 Å². The monoisotopic (exact) mass is 231 g/mol. The number of benzene rings is 1. The molecule has 0 aliphatic carbocycles. The molecular formula is C14H17NO2. The minimum Gasteiger partial charge on any atom is -0.348 e. The maximum Gasteiger partial charge on any atom is 0.227 e. The van der Waals surface area contributed by atoms with E-state index in [0.717, 1.165) is 16.7 Å². The second-order valence-electron chi connectivity index (χ2n) is 4.85. The zero-order valence-corrected chi connectivity index (χ0v) is 10.5. The number of aryl methyl sites for hydroxylation is 3. The number of amides is 1. The fraction of sp³-hybridized carbons (Fsp3) is 0.429. The van der Waals surface area contributed by atoms with Gasteiger partial charge in [-0.2, -0.15) is 0 Å². The first-order valence-electron chi connectivity index (χ1n) is 5.86. The fourth-order valence-electron chi connectivity index (χ4n) is 2.69. The van der Waals surface area contributed by atoms with E-state index in [1.807, 2.05) is 20.8 Å². The third-order valence-corrected chi connectivity index (χ3v) is 3.21. The van der Waals surface area contributed by atoms with Gasteiger partial charge >= 0.3 is 0 Å². The van der Waals surface area contributed by atoms with E-state index in [1.165, 1.54) is 5.56 Å². The van der Waals surface area contributed by atoms with Crippen molar-refractivity contribution < 1.29 is 9.59 Å². The van der Waals surface area contributed by atoms with Crippen LogP contribution in [-0.4, -0.2) is 11.7 Å². The molecule has 2 rings (SSSR count). The van der Waals surface area contributed by atoms with Gasteiger partial charge in [0.15, 0.2) is 0 Å². The van der Waals surface area contributed by atoms with E-state index in [4.69, 9.17) is 0 Å². The van der Waals surface area contributed by atoms with Crippen LogP contribution in [0, 0.1) is 20.8 Å². The Morgan fingerprint density at radius 2 is 1.71 bits per heavy atom. The first kappa shape index (κ1) is 11.8. The molecule has 3 nitrogen and oxygen atoms in total. The van der Waals surface area contributed by atoms with Crippen LogP contribution in [0.4, 0.5) is 0 Å². The van der Waals surface area contributed by atoms with Gasteiger partial charge in [0.2, 0.25) is 5.91 Å². The van der Waals surface area contributed by atoms with Crippen LogP contribution in [0.1, 0.15) is 41.1 Å². The van der Waals surface area contributed by atoms with E-state index in [0.29, 0.717) is 6.42 Å². The minimum absolute atomic E-state index is 0.0260. The number of hydrogen-bond acceptors (Lipinski definition) is 2. The van der Waals surface area contributed by atoms with Gasteiger partial charge in [0.25, 0.3) is 0 Å². The first-order chi connectivity index (χ1) is 7.97. The zero-order valence-electron chi connectivity index (χ0n) is 10.5. The largest absolute Gasteiger partial charge is 0.348 e. The molecule has 0 radical (unpaired) electrons. The van der Waals surface area contributed by atoms with Crippen LogP contribution >= 0.6 is 0 Å². The van der Waals surface area contributed by atoms with Crippen molar-refractivity contribution in [2.75, 3.05) is 0 Å². The Hall–Kier alpha value is -1.64. The van der Waals surface area contributed by atoms with Gasteiger partial charge in [-0.25, -0.2) is 0 Å². The van der Waals surface area contributed by atoms with Gasteiger partial charge in [-0.15, -0.1) is 0 Å². The third kappa shape index (κ3) is 2.38. The Kier molecular flexibility index (Phi) is 3.01. The molecule has 1 heterocycles. The summed E-state index contributed by atoms with van der Waals surface area (Å²) in [5.74, 6) is -0.135. The molecule has 1 saturated heterocycles. The lowest BCUT2D eigenvalue weighted by atomic mass is 9.89. The summed E-state index contributed by atoms with van der Waals surface area (Å²) in [7, 11) is 0. The van der Waals surface area contributed by atoms with Crippen molar-refractivity contribution in [3.63, 3.8) is 0 Å². The summed E-state index contributed by atoms with van der Waals surface area (Å²) in [5, 5.41) is 2.90. The van der Waals surface area contributed by atoms with Crippen LogP contribution in [0.15, 0.2) is 12.1 Å². The SMILES string of the molecule is Cc1cc(C)c([C@H]2CC(=O)CC(=O)N2)c(C)c1. The Balaban J connectivity index is 2.40. The molecule has 0 spiro atoms. The van der Waals surface area contributed by atoms with Gasteiger partial charge in [-0.05, 0) is 37.5 Å². The summed E-state index contributed by atoms with van der Waals surface area (Å²) in [4.78, 5) is 22.9. The molecular weight excluding hydrogens is 214 g/mol. The number of hydrogen-bond donors (Lipinski definition) is 1. The van der Waals surface area contributed by atoms with E-state index < -0.39 is 0 Å². The maximum absolute atomic E-state index is 11.5. The third-order valence-electron chi connectivity index (χ3n) is 3.21. The number of nitrogens with one attached hydrogen (secondary N) is 1. The van der Waals surface area contributed by atoms with Gasteiger partial charge in [0.05, 0.1) is 12.5 Å². The highest BCUT2D eigenvalue weighted by Gasteiger charge is 2.27. The normalized spacial score (nSPS) is 20.3. The zero-order chi connectivity index (χ0) is 12.6. The fourth-order valence-corrected chi connectivity index (χ4v) is 2.69. The minimum atomic E-state index is -0.161. The Bertz CT molecular complexity index is 452. The predicted octanol–water partition coefficient (Wildman–Crippen LogP) is 2.13. The summed E-state index contributed by atoms with van der Waals surface area (Å²) >= 11 is 0. The van der Waals surface area contributed by atoms with Crippen molar-refractivity contribution >= 4 is 11.7 Å². The summed E-state index contributed by atoms with van der Waals surface area (Å²) in [6, 6.07) is 4.03. The van der Waals surface area contributed by atoms with E-state index in [2.05, 4.69) is 17.4 Å². The Labute approximate surface area is 101 Å². The van der Waals surface area contributed by atoms with Crippen LogP contribution in [0.3, 0.4) is 0 Å². The summed E-state index contributed by atoms with van der Waals surface area (Å²) in [6.07, 6.45) is 0.441. The smallest absolute Gasteiger partial charge is 0.227 e. The van der Waals surface area contributed by atoms with Crippen LogP contribution < -0.4 is 5.32 Å². The number of carbonyl (C=O) groups excluding carboxylic acids is 2. The molecule has 0 aromatic heterocycles. The van der Waals surface area contributed by atoms with Gasteiger partial charge in [-0.3, -0.25) is 9.59 Å². The predicted molar refractivity (Wildman–Crippen MR) is 65.8 cm³/mol. The second-order valence-corrected chi connectivity index (χ2v) is 4.85. The van der Waals surface area contributed by atoms with Crippen LogP contribution in [0.5, 0.6) is 0 Å². The molecule has 0 bridgehead atoms. The molecule has 90 valence electrons. The maximum atomic E-state index is 11.5. The number of carbonyl (C=O) groups is 2. The molecule has 0 saturated carbocycles. The van der Waals surface area contributed by atoms with E-state index in [9.17, 15) is 9.59 Å². The van der Waals surface area contributed by atoms with Gasteiger partial charge < -0.3 is 5.32 Å². The molecule has 0 unspecified atom stereocenters. The molecule has 1 aliphatic heterocycles. The lowest BCUT2D eigenvalue weighted by Gasteiger charge is -2.26. The second kappa shape index (κ2) is 4.32. The molecule has 1 fully saturated rings. The van der Waals surface area contributed by atoms with Crippen LogP contribution in [-0.2, 0) is 9.59 Å². The summed E-state index contributed by atoms with van der Waals surface area (Å²) in [6.45, 7) is 6.11. The number of Topliss-reactive ketones (excluding diaryl/α,β-unsaturated/α-hetero) is 1. The molecule has 1 N–H and O–H groups in total. The van der Waals surface area contributed by atoms with Crippen molar-refractivity contribution in [1.82, 2.24) is 5.32 Å². The molecule has 1 aliphatic rings. The summed E-state index contributed by atoms with van der Waals surface area (Å²) in [5.41, 5.74) is 4.58. The van der Waals surface area contributed by atoms with Crippen LogP contribution in [0.25, 0.3) is 0 Å². The number of ketones is 1. The molecule has 3 heteroatoms. The van der Waals surface area contributed by atoms with E-state index in [1.54, 1.807) is 0 Å².